The Morgan fingerprint density at radius 1 is 1.00 bits per heavy atom. The number of aliphatic hydroxyl groups excluding tert-OH is 1. The number of carbonyl (C=O) groups is 1. The molecule has 0 saturated carbocycles. The summed E-state index contributed by atoms with van der Waals surface area (Å²) in [6.07, 6.45) is 0.669. The minimum Gasteiger partial charge on any atom is -0.494 e. The van der Waals surface area contributed by atoms with E-state index in [9.17, 15) is 4.79 Å². The summed E-state index contributed by atoms with van der Waals surface area (Å²) in [6.45, 7) is 1.03. The molecular weight excluding hydrogens is 634 g/mol. The molecule has 0 radical (unpaired) electrons. The third-order valence-electron chi connectivity index (χ3n) is 7.63. The van der Waals surface area contributed by atoms with E-state index in [4.69, 9.17) is 25.1 Å². The van der Waals surface area contributed by atoms with Crippen molar-refractivity contribution in [3.63, 3.8) is 0 Å². The van der Waals surface area contributed by atoms with Gasteiger partial charge in [-0.1, -0.05) is 87.8 Å². The van der Waals surface area contributed by atoms with Gasteiger partial charge in [0, 0.05) is 40.9 Å². The highest BCUT2D eigenvalue weighted by Gasteiger charge is 2.53. The normalized spacial score (nSPS) is 17.1. The zero-order chi connectivity index (χ0) is 31.5. The molecular formula is C35H34BrN5O4. The van der Waals surface area contributed by atoms with Crippen LogP contribution in [-0.4, -0.2) is 42.2 Å². The Bertz CT molecular complexity index is 1660. The average Bonchev–Trinajstić information content (AvgIpc) is 3.46. The number of rotatable bonds is 14. The molecule has 2 atom stereocenters. The third kappa shape index (κ3) is 7.91. The van der Waals surface area contributed by atoms with Crippen molar-refractivity contribution in [3.8, 4) is 5.75 Å². The predicted molar refractivity (Wildman–Crippen MR) is 177 cm³/mol. The SMILES string of the molecule is [N-]=[N+]=NCc1ccccc1C[C@@]1(C(=O)NCCc2ccccc2)N=C(c2ccc(OCCCO)cc2)O[C@@H]1c1ccc(Br)cc1. The van der Waals surface area contributed by atoms with Gasteiger partial charge in [0.2, 0.25) is 5.90 Å². The summed E-state index contributed by atoms with van der Waals surface area (Å²) < 4.78 is 13.2. The van der Waals surface area contributed by atoms with Crippen molar-refractivity contribution >= 4 is 27.7 Å². The first kappa shape index (κ1) is 31.8. The summed E-state index contributed by atoms with van der Waals surface area (Å²) in [7, 11) is 0. The Morgan fingerprint density at radius 2 is 1.71 bits per heavy atom. The minimum absolute atomic E-state index is 0.0572. The van der Waals surface area contributed by atoms with E-state index in [1.165, 1.54) is 0 Å². The van der Waals surface area contributed by atoms with Gasteiger partial charge in [-0.3, -0.25) is 4.79 Å². The van der Waals surface area contributed by atoms with Crippen molar-refractivity contribution in [2.45, 2.75) is 37.5 Å². The second kappa shape index (κ2) is 15.4. The van der Waals surface area contributed by atoms with Gasteiger partial charge in [0.25, 0.3) is 5.91 Å². The van der Waals surface area contributed by atoms with Gasteiger partial charge < -0.3 is 19.9 Å². The number of aliphatic imine (C=N–C) groups is 1. The molecule has 0 aromatic heterocycles. The number of halogens is 1. The van der Waals surface area contributed by atoms with E-state index in [0.29, 0.717) is 43.2 Å². The number of amides is 1. The van der Waals surface area contributed by atoms with Crippen LogP contribution in [0.5, 0.6) is 5.75 Å². The molecule has 9 nitrogen and oxygen atoms in total. The van der Waals surface area contributed by atoms with E-state index >= 15 is 0 Å². The number of hydrogen-bond donors (Lipinski definition) is 2. The Kier molecular flexibility index (Phi) is 10.9. The van der Waals surface area contributed by atoms with Crippen LogP contribution in [0.2, 0.25) is 0 Å². The summed E-state index contributed by atoms with van der Waals surface area (Å²) in [5.74, 6) is 0.742. The molecule has 5 rings (SSSR count). The number of nitrogens with zero attached hydrogens (tertiary/aromatic N) is 4. The lowest BCUT2D eigenvalue weighted by Gasteiger charge is -2.31. The number of aliphatic hydroxyl groups is 1. The first-order valence-electron chi connectivity index (χ1n) is 14.8. The standard InChI is InChI=1S/C35H34BrN5O4/c36-30-15-11-26(12-16-30)32-35(23-28-9-4-5-10-29(28)24-39-41-37,34(43)38-20-19-25-7-2-1-3-8-25)40-33(45-32)27-13-17-31(18-14-27)44-22-6-21-42/h1-5,7-18,32,42H,6,19-24H2,(H,38,43)/t32-,35-/m1/s1. The van der Waals surface area contributed by atoms with Gasteiger partial charge in [0.05, 0.1) is 13.2 Å². The lowest BCUT2D eigenvalue weighted by Crippen LogP contribution is -2.50. The predicted octanol–water partition coefficient (Wildman–Crippen LogP) is 6.88. The van der Waals surface area contributed by atoms with Gasteiger partial charge in [-0.2, -0.15) is 0 Å². The van der Waals surface area contributed by atoms with Gasteiger partial charge in [0.1, 0.15) is 5.75 Å². The molecule has 0 aliphatic carbocycles. The van der Waals surface area contributed by atoms with Gasteiger partial charge in [-0.15, -0.1) is 0 Å². The summed E-state index contributed by atoms with van der Waals surface area (Å²) >= 11 is 3.52. The number of azide groups is 1. The minimum atomic E-state index is -1.37. The molecule has 10 heteroatoms. The molecule has 0 bridgehead atoms. The van der Waals surface area contributed by atoms with E-state index < -0.39 is 11.6 Å². The fourth-order valence-corrected chi connectivity index (χ4v) is 5.58. The fourth-order valence-electron chi connectivity index (χ4n) is 5.32. The van der Waals surface area contributed by atoms with Crippen LogP contribution in [0.3, 0.4) is 0 Å². The topological polar surface area (TPSA) is 129 Å². The highest BCUT2D eigenvalue weighted by molar-refractivity contribution is 9.10. The van der Waals surface area contributed by atoms with Crippen molar-refractivity contribution in [1.82, 2.24) is 5.32 Å². The molecule has 230 valence electrons. The second-order valence-electron chi connectivity index (χ2n) is 10.7. The molecule has 4 aromatic rings. The number of carbonyl (C=O) groups excluding carboxylic acids is 1. The number of nitrogens with one attached hydrogen (secondary N) is 1. The largest absolute Gasteiger partial charge is 0.494 e. The van der Waals surface area contributed by atoms with Gasteiger partial charge in [-0.25, -0.2) is 4.99 Å². The van der Waals surface area contributed by atoms with Crippen molar-refractivity contribution in [1.29, 1.82) is 0 Å². The van der Waals surface area contributed by atoms with Crippen LogP contribution in [-0.2, 0) is 28.9 Å². The molecule has 1 aliphatic rings. The van der Waals surface area contributed by atoms with Gasteiger partial charge in [0.15, 0.2) is 11.6 Å². The van der Waals surface area contributed by atoms with Crippen LogP contribution in [0.1, 0.15) is 40.3 Å². The lowest BCUT2D eigenvalue weighted by atomic mass is 9.81. The monoisotopic (exact) mass is 667 g/mol. The first-order valence-corrected chi connectivity index (χ1v) is 15.6. The van der Waals surface area contributed by atoms with Crippen molar-refractivity contribution in [2.75, 3.05) is 19.8 Å². The number of benzene rings is 4. The maximum atomic E-state index is 14.5. The van der Waals surface area contributed by atoms with Crippen LogP contribution in [0.15, 0.2) is 118 Å². The molecule has 2 N–H and O–H groups in total. The van der Waals surface area contributed by atoms with Crippen LogP contribution < -0.4 is 10.1 Å². The molecule has 1 aliphatic heterocycles. The van der Waals surface area contributed by atoms with Crippen molar-refractivity contribution in [3.05, 3.63) is 146 Å². The average molecular weight is 669 g/mol. The van der Waals surface area contributed by atoms with Gasteiger partial charge >= 0.3 is 0 Å². The van der Waals surface area contributed by atoms with Crippen LogP contribution in [0.25, 0.3) is 10.4 Å². The molecule has 1 heterocycles. The van der Waals surface area contributed by atoms with Crippen molar-refractivity contribution < 1.29 is 19.4 Å². The Hall–Kier alpha value is -4.63. The third-order valence-corrected chi connectivity index (χ3v) is 8.16. The molecule has 0 saturated heterocycles. The zero-order valence-electron chi connectivity index (χ0n) is 24.7. The second-order valence-corrected chi connectivity index (χ2v) is 11.6. The fraction of sp³-hybridized carbons (Fsp3) is 0.257. The van der Waals surface area contributed by atoms with Crippen LogP contribution >= 0.6 is 15.9 Å². The number of ether oxygens (including phenoxy) is 2. The zero-order valence-corrected chi connectivity index (χ0v) is 26.3. The molecule has 45 heavy (non-hydrogen) atoms. The molecule has 1 amide bonds. The summed E-state index contributed by atoms with van der Waals surface area (Å²) in [5, 5.41) is 16.0. The van der Waals surface area contributed by atoms with E-state index in [0.717, 1.165) is 26.7 Å². The Labute approximate surface area is 270 Å². The molecule has 4 aromatic carbocycles. The van der Waals surface area contributed by atoms with E-state index in [2.05, 4.69) is 31.3 Å². The maximum absolute atomic E-state index is 14.5. The first-order chi connectivity index (χ1) is 22.0. The highest BCUT2D eigenvalue weighted by Crippen LogP contribution is 2.43. The molecule has 0 unspecified atom stereocenters. The van der Waals surface area contributed by atoms with Crippen LogP contribution in [0.4, 0.5) is 0 Å². The Balaban J connectivity index is 1.55. The quantitative estimate of drug-likeness (QED) is 0.0657. The molecule has 0 spiro atoms. The Morgan fingerprint density at radius 3 is 2.42 bits per heavy atom. The van der Waals surface area contributed by atoms with Crippen molar-refractivity contribution in [2.24, 2.45) is 10.1 Å². The molecule has 0 fully saturated rings. The summed E-state index contributed by atoms with van der Waals surface area (Å²) in [6, 6.07) is 32.7. The van der Waals surface area contributed by atoms with Crippen LogP contribution in [0, 0.1) is 0 Å². The smallest absolute Gasteiger partial charge is 0.252 e. The lowest BCUT2D eigenvalue weighted by molar-refractivity contribution is -0.128. The van der Waals surface area contributed by atoms with E-state index in [1.807, 2.05) is 103 Å². The number of hydrogen-bond acceptors (Lipinski definition) is 6. The maximum Gasteiger partial charge on any atom is 0.252 e. The van der Waals surface area contributed by atoms with Gasteiger partial charge in [-0.05, 0) is 70.6 Å². The van der Waals surface area contributed by atoms with E-state index in [-0.39, 0.29) is 25.5 Å². The summed E-state index contributed by atoms with van der Waals surface area (Å²) in [4.78, 5) is 22.5. The van der Waals surface area contributed by atoms with E-state index in [1.54, 1.807) is 0 Å². The highest BCUT2D eigenvalue weighted by atomic mass is 79.9. The summed E-state index contributed by atoms with van der Waals surface area (Å²) in [5.41, 5.74) is 11.9.